The normalized spacial score (nSPS) is 33.1. The van der Waals surface area contributed by atoms with Crippen LogP contribution in [0.1, 0.15) is 24.8 Å². The van der Waals surface area contributed by atoms with E-state index in [9.17, 15) is 0 Å². The highest BCUT2D eigenvalue weighted by Crippen LogP contribution is 2.48. The SMILES string of the molecule is Cc1ccc(OC2C3CCC(C3)C2N(C)C)c(N)c1. The second-order valence-electron chi connectivity index (χ2n) is 6.41. The van der Waals surface area contributed by atoms with Crippen LogP contribution in [0.3, 0.4) is 0 Å². The van der Waals surface area contributed by atoms with Crippen LogP contribution in [0, 0.1) is 18.8 Å². The van der Waals surface area contributed by atoms with Crippen LogP contribution < -0.4 is 10.5 Å². The quantitative estimate of drug-likeness (QED) is 0.849. The van der Waals surface area contributed by atoms with Crippen LogP contribution in [0.15, 0.2) is 18.2 Å². The van der Waals surface area contributed by atoms with E-state index in [4.69, 9.17) is 10.5 Å². The van der Waals surface area contributed by atoms with Crippen LogP contribution in [-0.4, -0.2) is 31.1 Å². The molecule has 0 saturated heterocycles. The van der Waals surface area contributed by atoms with Crippen molar-refractivity contribution in [3.63, 3.8) is 0 Å². The number of hydrogen-bond donors (Lipinski definition) is 1. The highest BCUT2D eigenvalue weighted by atomic mass is 16.5. The molecule has 0 heterocycles. The molecule has 2 aliphatic rings. The Balaban J connectivity index is 1.82. The molecular weight excluding hydrogens is 236 g/mol. The Kier molecular flexibility index (Phi) is 3.17. The molecule has 0 aromatic heterocycles. The van der Waals surface area contributed by atoms with Gasteiger partial charge >= 0.3 is 0 Å². The van der Waals surface area contributed by atoms with Crippen molar-refractivity contribution in [2.24, 2.45) is 11.8 Å². The topological polar surface area (TPSA) is 38.5 Å². The van der Waals surface area contributed by atoms with Gasteiger partial charge in [-0.25, -0.2) is 0 Å². The third kappa shape index (κ3) is 2.20. The van der Waals surface area contributed by atoms with Gasteiger partial charge in [0, 0.05) is 6.04 Å². The molecule has 3 nitrogen and oxygen atoms in total. The Labute approximate surface area is 115 Å². The molecule has 2 fully saturated rings. The Hall–Kier alpha value is -1.22. The number of likely N-dealkylation sites (N-methyl/N-ethyl adjacent to an activating group) is 1. The van der Waals surface area contributed by atoms with Gasteiger partial charge in [0.15, 0.2) is 0 Å². The van der Waals surface area contributed by atoms with E-state index >= 15 is 0 Å². The monoisotopic (exact) mass is 260 g/mol. The lowest BCUT2D eigenvalue weighted by Gasteiger charge is -2.36. The molecule has 2 aliphatic carbocycles. The van der Waals surface area contributed by atoms with Gasteiger partial charge in [-0.05, 0) is 69.8 Å². The second kappa shape index (κ2) is 4.71. The fraction of sp³-hybridized carbons (Fsp3) is 0.625. The molecule has 0 aliphatic heterocycles. The molecule has 19 heavy (non-hydrogen) atoms. The van der Waals surface area contributed by atoms with Gasteiger partial charge < -0.3 is 15.4 Å². The van der Waals surface area contributed by atoms with Gasteiger partial charge in [0.05, 0.1) is 5.69 Å². The van der Waals surface area contributed by atoms with E-state index in [0.717, 1.165) is 17.4 Å². The van der Waals surface area contributed by atoms with Crippen molar-refractivity contribution in [2.45, 2.75) is 38.3 Å². The second-order valence-corrected chi connectivity index (χ2v) is 6.41. The van der Waals surface area contributed by atoms with Crippen molar-refractivity contribution in [2.75, 3.05) is 19.8 Å². The Morgan fingerprint density at radius 3 is 2.63 bits per heavy atom. The van der Waals surface area contributed by atoms with Crippen molar-refractivity contribution in [1.29, 1.82) is 0 Å². The highest BCUT2D eigenvalue weighted by Gasteiger charge is 2.50. The first-order valence-electron chi connectivity index (χ1n) is 7.25. The average Bonchev–Trinajstić information content (AvgIpc) is 2.92. The molecule has 4 unspecified atom stereocenters. The van der Waals surface area contributed by atoms with Crippen molar-refractivity contribution >= 4 is 5.69 Å². The van der Waals surface area contributed by atoms with Gasteiger partial charge in [-0.2, -0.15) is 0 Å². The molecule has 0 spiro atoms. The third-order valence-corrected chi connectivity index (χ3v) is 4.82. The number of benzene rings is 1. The number of ether oxygens (including phenoxy) is 1. The minimum atomic E-state index is 0.304. The van der Waals surface area contributed by atoms with E-state index in [0.29, 0.717) is 18.1 Å². The van der Waals surface area contributed by atoms with Crippen molar-refractivity contribution < 1.29 is 4.74 Å². The van der Waals surface area contributed by atoms with Crippen LogP contribution in [0.5, 0.6) is 5.75 Å². The van der Waals surface area contributed by atoms with E-state index < -0.39 is 0 Å². The summed E-state index contributed by atoms with van der Waals surface area (Å²) in [6.45, 7) is 2.06. The summed E-state index contributed by atoms with van der Waals surface area (Å²) in [7, 11) is 4.33. The first kappa shape index (κ1) is 12.8. The largest absolute Gasteiger partial charge is 0.486 e. The summed E-state index contributed by atoms with van der Waals surface area (Å²) >= 11 is 0. The minimum Gasteiger partial charge on any atom is -0.486 e. The Morgan fingerprint density at radius 1 is 1.21 bits per heavy atom. The first-order chi connectivity index (χ1) is 9.06. The maximum absolute atomic E-state index is 6.30. The molecule has 0 amide bonds. The lowest BCUT2D eigenvalue weighted by atomic mass is 9.91. The fourth-order valence-corrected chi connectivity index (χ4v) is 4.01. The first-order valence-corrected chi connectivity index (χ1v) is 7.25. The Bertz CT molecular complexity index is 472. The lowest BCUT2D eigenvalue weighted by molar-refractivity contribution is 0.0543. The zero-order chi connectivity index (χ0) is 13.6. The van der Waals surface area contributed by atoms with E-state index in [2.05, 4.69) is 32.0 Å². The van der Waals surface area contributed by atoms with E-state index in [-0.39, 0.29) is 0 Å². The van der Waals surface area contributed by atoms with Gasteiger partial charge in [0.2, 0.25) is 0 Å². The molecule has 2 saturated carbocycles. The summed E-state index contributed by atoms with van der Waals surface area (Å²) in [6, 6.07) is 6.62. The van der Waals surface area contributed by atoms with Gasteiger partial charge in [-0.1, -0.05) is 6.07 Å². The molecule has 1 aromatic rings. The number of aryl methyl sites for hydroxylation is 1. The molecule has 104 valence electrons. The summed E-state index contributed by atoms with van der Waals surface area (Å²) in [5.41, 5.74) is 8.03. The summed E-state index contributed by atoms with van der Waals surface area (Å²) in [5, 5.41) is 0. The number of hydrogen-bond acceptors (Lipinski definition) is 3. The zero-order valence-electron chi connectivity index (χ0n) is 12.1. The van der Waals surface area contributed by atoms with Crippen molar-refractivity contribution in [1.82, 2.24) is 4.90 Å². The predicted molar refractivity (Wildman–Crippen MR) is 78.3 cm³/mol. The number of rotatable bonds is 3. The van der Waals surface area contributed by atoms with E-state index in [1.165, 1.54) is 24.8 Å². The Morgan fingerprint density at radius 2 is 1.95 bits per heavy atom. The summed E-state index contributed by atoms with van der Waals surface area (Å²) in [4.78, 5) is 2.33. The van der Waals surface area contributed by atoms with Crippen LogP contribution >= 0.6 is 0 Å². The summed E-state index contributed by atoms with van der Waals surface area (Å²) in [6.07, 6.45) is 4.29. The van der Waals surface area contributed by atoms with Crippen molar-refractivity contribution in [3.05, 3.63) is 23.8 Å². The molecule has 2 N–H and O–H groups in total. The maximum Gasteiger partial charge on any atom is 0.142 e. The smallest absolute Gasteiger partial charge is 0.142 e. The summed E-state index contributed by atoms with van der Waals surface area (Å²) in [5.74, 6) is 2.37. The number of nitrogens with zero attached hydrogens (tertiary/aromatic N) is 1. The maximum atomic E-state index is 6.30. The zero-order valence-corrected chi connectivity index (χ0v) is 12.1. The van der Waals surface area contributed by atoms with Crippen molar-refractivity contribution in [3.8, 4) is 5.75 Å². The number of anilines is 1. The number of nitrogens with two attached hydrogens (primary N) is 1. The molecule has 1 aromatic carbocycles. The van der Waals surface area contributed by atoms with Gasteiger partial charge in [0.25, 0.3) is 0 Å². The highest BCUT2D eigenvalue weighted by molar-refractivity contribution is 5.54. The van der Waals surface area contributed by atoms with Crippen LogP contribution in [0.25, 0.3) is 0 Å². The number of fused-ring (bicyclic) bond motifs is 2. The molecular formula is C16H24N2O. The van der Waals surface area contributed by atoms with Gasteiger partial charge in [-0.15, -0.1) is 0 Å². The van der Waals surface area contributed by atoms with Crippen LogP contribution in [0.4, 0.5) is 5.69 Å². The minimum absolute atomic E-state index is 0.304. The lowest BCUT2D eigenvalue weighted by Crippen LogP contribution is -2.46. The number of nitrogen functional groups attached to an aromatic ring is 1. The van der Waals surface area contributed by atoms with Crippen LogP contribution in [0.2, 0.25) is 0 Å². The van der Waals surface area contributed by atoms with E-state index in [1.807, 2.05) is 12.1 Å². The molecule has 3 rings (SSSR count). The standard InChI is InChI=1S/C16H24N2O/c1-10-4-7-14(13(17)8-10)19-16-12-6-5-11(9-12)15(16)18(2)3/h4,7-8,11-12,15-16H,5-6,9,17H2,1-3H3. The summed E-state index contributed by atoms with van der Waals surface area (Å²) < 4.78 is 6.30. The average molecular weight is 260 g/mol. The molecule has 4 atom stereocenters. The third-order valence-electron chi connectivity index (χ3n) is 4.82. The fourth-order valence-electron chi connectivity index (χ4n) is 4.01. The molecule has 3 heteroatoms. The molecule has 2 bridgehead atoms. The van der Waals surface area contributed by atoms with Crippen LogP contribution in [-0.2, 0) is 0 Å². The van der Waals surface area contributed by atoms with Gasteiger partial charge in [0.1, 0.15) is 11.9 Å². The van der Waals surface area contributed by atoms with Gasteiger partial charge in [-0.3, -0.25) is 0 Å². The predicted octanol–water partition coefficient (Wildman–Crippen LogP) is 2.68. The van der Waals surface area contributed by atoms with E-state index in [1.54, 1.807) is 0 Å². The molecule has 0 radical (unpaired) electrons.